The van der Waals surface area contributed by atoms with Gasteiger partial charge >= 0.3 is 0 Å². The quantitative estimate of drug-likeness (QED) is 0.539. The van der Waals surface area contributed by atoms with Crippen molar-refractivity contribution >= 4 is 5.84 Å². The molecule has 14 heavy (non-hydrogen) atoms. The Morgan fingerprint density at radius 3 is 2.36 bits per heavy atom. The molecule has 0 saturated heterocycles. The molecule has 0 aromatic heterocycles. The molecule has 0 heterocycles. The van der Waals surface area contributed by atoms with E-state index in [0.717, 1.165) is 23.7 Å². The lowest BCUT2D eigenvalue weighted by atomic mass is 10.2. The van der Waals surface area contributed by atoms with Crippen LogP contribution in [0.2, 0.25) is 0 Å². The molecule has 0 fully saturated rings. The van der Waals surface area contributed by atoms with Gasteiger partial charge in [-0.1, -0.05) is 0 Å². The van der Waals surface area contributed by atoms with Crippen LogP contribution in [-0.2, 0) is 4.74 Å². The van der Waals surface area contributed by atoms with Gasteiger partial charge in [0.15, 0.2) is 0 Å². The van der Waals surface area contributed by atoms with E-state index in [1.54, 1.807) is 14.2 Å². The number of ether oxygens (including phenoxy) is 1. The number of amidine groups is 1. The van der Waals surface area contributed by atoms with Crippen LogP contribution in [0.3, 0.4) is 0 Å². The summed E-state index contributed by atoms with van der Waals surface area (Å²) in [5.41, 5.74) is 7.54. The van der Waals surface area contributed by atoms with Crippen LogP contribution in [0.25, 0.3) is 0 Å². The van der Waals surface area contributed by atoms with Gasteiger partial charge in [-0.05, 0) is 13.8 Å². The summed E-state index contributed by atoms with van der Waals surface area (Å²) in [6, 6.07) is 0. The SMILES string of the molecule is C/N=C(\C(C)=C(\C)N)N(C)CCOC. The average Bonchev–Trinajstić information content (AvgIpc) is 2.15. The zero-order valence-electron chi connectivity index (χ0n) is 9.79. The predicted octanol–water partition coefficient (Wildman–Crippen LogP) is 0.845. The molecule has 0 unspecified atom stereocenters. The van der Waals surface area contributed by atoms with E-state index in [2.05, 4.69) is 4.99 Å². The molecule has 0 aromatic rings. The van der Waals surface area contributed by atoms with Crippen molar-refractivity contribution in [2.24, 2.45) is 10.7 Å². The summed E-state index contributed by atoms with van der Waals surface area (Å²) in [5.74, 6) is 0.919. The smallest absolute Gasteiger partial charge is 0.127 e. The van der Waals surface area contributed by atoms with E-state index in [0.29, 0.717) is 6.61 Å². The standard InChI is InChI=1S/C10H21N3O/c1-8(9(2)11)10(12-3)13(4)6-7-14-5/h6-7,11H2,1-5H3/b9-8-,12-10+. The second-order valence-electron chi connectivity index (χ2n) is 3.27. The van der Waals surface area contributed by atoms with Gasteiger partial charge in [-0.15, -0.1) is 0 Å². The van der Waals surface area contributed by atoms with Crippen molar-refractivity contribution < 1.29 is 4.74 Å². The second-order valence-corrected chi connectivity index (χ2v) is 3.27. The number of nitrogens with two attached hydrogens (primary N) is 1. The Balaban J connectivity index is 4.51. The van der Waals surface area contributed by atoms with E-state index < -0.39 is 0 Å². The van der Waals surface area contributed by atoms with Crippen LogP contribution >= 0.6 is 0 Å². The lowest BCUT2D eigenvalue weighted by Gasteiger charge is -2.21. The third-order valence-electron chi connectivity index (χ3n) is 2.13. The van der Waals surface area contributed by atoms with Crippen LogP contribution in [0.15, 0.2) is 16.3 Å². The first kappa shape index (κ1) is 13.0. The maximum Gasteiger partial charge on any atom is 0.127 e. The maximum atomic E-state index is 5.72. The zero-order valence-corrected chi connectivity index (χ0v) is 9.79. The molecule has 0 aliphatic heterocycles. The van der Waals surface area contributed by atoms with Crippen molar-refractivity contribution in [3.05, 3.63) is 11.3 Å². The second kappa shape index (κ2) is 6.43. The number of nitrogens with zero attached hydrogens (tertiary/aromatic N) is 2. The average molecular weight is 199 g/mol. The van der Waals surface area contributed by atoms with E-state index in [9.17, 15) is 0 Å². The highest BCUT2D eigenvalue weighted by atomic mass is 16.5. The van der Waals surface area contributed by atoms with Crippen LogP contribution in [0.1, 0.15) is 13.8 Å². The van der Waals surface area contributed by atoms with E-state index in [-0.39, 0.29) is 0 Å². The summed E-state index contributed by atoms with van der Waals surface area (Å²) >= 11 is 0. The molecule has 0 aliphatic carbocycles. The molecule has 4 nitrogen and oxygen atoms in total. The zero-order chi connectivity index (χ0) is 11.1. The summed E-state index contributed by atoms with van der Waals surface area (Å²) in [6.07, 6.45) is 0. The number of rotatable bonds is 4. The summed E-state index contributed by atoms with van der Waals surface area (Å²) in [5, 5.41) is 0. The summed E-state index contributed by atoms with van der Waals surface area (Å²) in [6.45, 7) is 5.35. The van der Waals surface area contributed by atoms with Gasteiger partial charge in [0, 0.05) is 39.0 Å². The summed E-state index contributed by atoms with van der Waals surface area (Å²) < 4.78 is 5.00. The van der Waals surface area contributed by atoms with Crippen LogP contribution in [0.5, 0.6) is 0 Å². The van der Waals surface area contributed by atoms with Gasteiger partial charge < -0.3 is 15.4 Å². The molecule has 0 amide bonds. The highest BCUT2D eigenvalue weighted by molar-refractivity contribution is 5.98. The van der Waals surface area contributed by atoms with E-state index in [4.69, 9.17) is 10.5 Å². The predicted molar refractivity (Wildman–Crippen MR) is 60.4 cm³/mol. The Morgan fingerprint density at radius 1 is 1.43 bits per heavy atom. The largest absolute Gasteiger partial charge is 0.402 e. The Labute approximate surface area is 86.4 Å². The topological polar surface area (TPSA) is 50.8 Å². The molecule has 4 heteroatoms. The molecular weight excluding hydrogens is 178 g/mol. The van der Waals surface area contributed by atoms with Gasteiger partial charge in [0.2, 0.25) is 0 Å². The fraction of sp³-hybridized carbons (Fsp3) is 0.700. The van der Waals surface area contributed by atoms with Gasteiger partial charge in [0.05, 0.1) is 6.61 Å². The lowest BCUT2D eigenvalue weighted by Crippen LogP contribution is -2.31. The highest BCUT2D eigenvalue weighted by Gasteiger charge is 2.08. The first-order chi connectivity index (χ1) is 6.54. The Kier molecular flexibility index (Phi) is 5.95. The molecule has 0 atom stereocenters. The van der Waals surface area contributed by atoms with Gasteiger partial charge in [-0.25, -0.2) is 0 Å². The Bertz CT molecular complexity index is 230. The van der Waals surface area contributed by atoms with E-state index in [1.807, 2.05) is 25.8 Å². The van der Waals surface area contributed by atoms with Gasteiger partial charge in [0.25, 0.3) is 0 Å². The molecule has 0 radical (unpaired) electrons. The minimum atomic E-state index is 0.687. The van der Waals surface area contributed by atoms with Crippen molar-refractivity contribution in [1.29, 1.82) is 0 Å². The minimum Gasteiger partial charge on any atom is -0.402 e. The van der Waals surface area contributed by atoms with Crippen molar-refractivity contribution in [3.8, 4) is 0 Å². The van der Waals surface area contributed by atoms with Crippen LogP contribution < -0.4 is 5.73 Å². The van der Waals surface area contributed by atoms with Gasteiger partial charge in [-0.3, -0.25) is 4.99 Å². The third kappa shape index (κ3) is 3.79. The van der Waals surface area contributed by atoms with Crippen LogP contribution in [0.4, 0.5) is 0 Å². The van der Waals surface area contributed by atoms with Crippen molar-refractivity contribution in [2.45, 2.75) is 13.8 Å². The minimum absolute atomic E-state index is 0.687. The monoisotopic (exact) mass is 199 g/mol. The molecule has 82 valence electrons. The number of methoxy groups -OCH3 is 1. The van der Waals surface area contributed by atoms with E-state index in [1.165, 1.54) is 0 Å². The van der Waals surface area contributed by atoms with Gasteiger partial charge in [-0.2, -0.15) is 0 Å². The number of hydrogen-bond donors (Lipinski definition) is 1. The van der Waals surface area contributed by atoms with Gasteiger partial charge in [0.1, 0.15) is 5.84 Å². The van der Waals surface area contributed by atoms with Crippen molar-refractivity contribution in [3.63, 3.8) is 0 Å². The van der Waals surface area contributed by atoms with Crippen molar-refractivity contribution in [2.75, 3.05) is 34.4 Å². The van der Waals surface area contributed by atoms with Crippen LogP contribution in [-0.4, -0.2) is 45.1 Å². The molecule has 0 aliphatic rings. The number of likely N-dealkylation sites (N-methyl/N-ethyl adjacent to an activating group) is 1. The molecule has 0 bridgehead atoms. The Hall–Kier alpha value is -1.03. The summed E-state index contributed by atoms with van der Waals surface area (Å²) in [4.78, 5) is 6.25. The summed E-state index contributed by atoms with van der Waals surface area (Å²) in [7, 11) is 5.44. The normalized spacial score (nSPS) is 13.9. The first-order valence-corrected chi connectivity index (χ1v) is 4.64. The lowest BCUT2D eigenvalue weighted by molar-refractivity contribution is 0.183. The Morgan fingerprint density at radius 2 is 2.00 bits per heavy atom. The molecule has 2 N–H and O–H groups in total. The first-order valence-electron chi connectivity index (χ1n) is 4.64. The maximum absolute atomic E-state index is 5.72. The molecule has 0 aromatic carbocycles. The fourth-order valence-corrected chi connectivity index (χ4v) is 1.14. The fourth-order valence-electron chi connectivity index (χ4n) is 1.14. The number of hydrogen-bond acceptors (Lipinski definition) is 3. The third-order valence-corrected chi connectivity index (χ3v) is 2.13. The number of aliphatic imine (C=N–C) groups is 1. The highest BCUT2D eigenvalue weighted by Crippen LogP contribution is 2.04. The molecular formula is C10H21N3O. The van der Waals surface area contributed by atoms with Crippen molar-refractivity contribution in [1.82, 2.24) is 4.90 Å². The van der Waals surface area contributed by atoms with E-state index >= 15 is 0 Å². The molecule has 0 saturated carbocycles. The van der Waals surface area contributed by atoms with Crippen LogP contribution in [0, 0.1) is 0 Å². The molecule has 0 spiro atoms. The molecule has 0 rings (SSSR count). The number of allylic oxidation sites excluding steroid dienone is 1.